The van der Waals surface area contributed by atoms with Gasteiger partial charge in [-0.15, -0.1) is 0 Å². The number of anilines is 1. The van der Waals surface area contributed by atoms with Crippen molar-refractivity contribution in [1.82, 2.24) is 14.7 Å². The van der Waals surface area contributed by atoms with Crippen LogP contribution in [0.15, 0.2) is 24.4 Å². The number of amides is 1. The van der Waals surface area contributed by atoms with Crippen molar-refractivity contribution in [2.45, 2.75) is 26.9 Å². The van der Waals surface area contributed by atoms with Gasteiger partial charge in [0.15, 0.2) is 0 Å². The van der Waals surface area contributed by atoms with Crippen LogP contribution >= 0.6 is 0 Å². The maximum Gasteiger partial charge on any atom is 0.337 e. The number of rotatable bonds is 8. The van der Waals surface area contributed by atoms with E-state index in [1.54, 1.807) is 6.20 Å². The molecule has 1 heterocycles. The van der Waals surface area contributed by atoms with Gasteiger partial charge in [-0.25, -0.2) is 9.59 Å². The molecule has 0 unspecified atom stereocenters. The third-order valence-corrected chi connectivity index (χ3v) is 4.42. The van der Waals surface area contributed by atoms with E-state index in [0.717, 1.165) is 17.8 Å². The normalized spacial score (nSPS) is 10.7. The highest BCUT2D eigenvalue weighted by atomic mass is 16.5. The van der Waals surface area contributed by atoms with E-state index in [4.69, 9.17) is 9.47 Å². The lowest BCUT2D eigenvalue weighted by atomic mass is 10.1. The van der Waals surface area contributed by atoms with E-state index in [-0.39, 0.29) is 23.6 Å². The molecule has 1 aromatic carbocycles. The largest absolute Gasteiger partial charge is 0.465 e. The van der Waals surface area contributed by atoms with Gasteiger partial charge in [0.2, 0.25) is 5.91 Å². The number of hydrogen-bond donors (Lipinski definition) is 1. The van der Waals surface area contributed by atoms with Gasteiger partial charge in [0.1, 0.15) is 0 Å². The predicted molar refractivity (Wildman–Crippen MR) is 107 cm³/mol. The minimum atomic E-state index is -0.619. The highest BCUT2D eigenvalue weighted by Gasteiger charge is 2.16. The zero-order valence-corrected chi connectivity index (χ0v) is 17.3. The number of ether oxygens (including phenoxy) is 2. The molecule has 0 fully saturated rings. The number of likely N-dealkylation sites (N-methyl/N-ethyl adjacent to an activating group) is 1. The Balaban J connectivity index is 2.09. The number of benzene rings is 1. The van der Waals surface area contributed by atoms with Crippen LogP contribution in [0.3, 0.4) is 0 Å². The summed E-state index contributed by atoms with van der Waals surface area (Å²) in [5.74, 6) is -1.52. The zero-order valence-electron chi connectivity index (χ0n) is 17.3. The van der Waals surface area contributed by atoms with E-state index in [0.29, 0.717) is 12.2 Å². The topological polar surface area (TPSA) is 103 Å². The predicted octanol–water partition coefficient (Wildman–Crippen LogP) is 1.86. The fourth-order valence-electron chi connectivity index (χ4n) is 2.92. The minimum Gasteiger partial charge on any atom is -0.465 e. The van der Waals surface area contributed by atoms with E-state index < -0.39 is 11.9 Å². The molecule has 156 valence electrons. The van der Waals surface area contributed by atoms with Crippen molar-refractivity contribution in [3.8, 4) is 0 Å². The Labute approximate surface area is 169 Å². The summed E-state index contributed by atoms with van der Waals surface area (Å²) in [6.45, 7) is 5.48. The van der Waals surface area contributed by atoms with Gasteiger partial charge in [0.25, 0.3) is 0 Å². The van der Waals surface area contributed by atoms with Gasteiger partial charge < -0.3 is 14.8 Å². The lowest BCUT2D eigenvalue weighted by Gasteiger charge is -2.16. The maximum atomic E-state index is 12.5. The van der Waals surface area contributed by atoms with Gasteiger partial charge in [0.05, 0.1) is 38.1 Å². The summed E-state index contributed by atoms with van der Waals surface area (Å²) < 4.78 is 11.3. The smallest absolute Gasteiger partial charge is 0.337 e. The molecule has 29 heavy (non-hydrogen) atoms. The summed E-state index contributed by atoms with van der Waals surface area (Å²) in [5, 5.41) is 7.02. The molecule has 0 atom stereocenters. The Morgan fingerprint density at radius 1 is 1.10 bits per heavy atom. The Morgan fingerprint density at radius 2 is 1.69 bits per heavy atom. The number of aromatic nitrogens is 2. The molecule has 0 bridgehead atoms. The molecule has 9 heteroatoms. The molecule has 0 aliphatic heterocycles. The van der Waals surface area contributed by atoms with E-state index in [1.807, 2.05) is 30.5 Å². The second-order valence-corrected chi connectivity index (χ2v) is 6.57. The Hall–Kier alpha value is -3.20. The SMILES string of the molecule is CCn1ncc(CN(C)CC(=O)Nc2cc(C(=O)OC)cc(C(=O)OC)c2)c1C. The van der Waals surface area contributed by atoms with Crippen molar-refractivity contribution in [1.29, 1.82) is 0 Å². The molecule has 0 saturated heterocycles. The van der Waals surface area contributed by atoms with Gasteiger partial charge in [-0.2, -0.15) is 5.10 Å². The lowest BCUT2D eigenvalue weighted by Crippen LogP contribution is -2.30. The molecular formula is C20H26N4O5. The average molecular weight is 402 g/mol. The average Bonchev–Trinajstić information content (AvgIpc) is 3.05. The zero-order chi connectivity index (χ0) is 21.6. The Kier molecular flexibility index (Phi) is 7.49. The monoisotopic (exact) mass is 402 g/mol. The summed E-state index contributed by atoms with van der Waals surface area (Å²) in [7, 11) is 4.30. The van der Waals surface area contributed by atoms with E-state index in [1.165, 1.54) is 32.4 Å². The van der Waals surface area contributed by atoms with Crippen molar-refractivity contribution in [2.75, 3.05) is 33.1 Å². The summed E-state index contributed by atoms with van der Waals surface area (Å²) in [6, 6.07) is 4.25. The van der Waals surface area contributed by atoms with Crippen LogP contribution in [0.25, 0.3) is 0 Å². The Morgan fingerprint density at radius 3 is 2.17 bits per heavy atom. The third kappa shape index (κ3) is 5.64. The highest BCUT2D eigenvalue weighted by Crippen LogP contribution is 2.17. The van der Waals surface area contributed by atoms with Gasteiger partial charge in [0, 0.05) is 30.0 Å². The van der Waals surface area contributed by atoms with Crippen molar-refractivity contribution < 1.29 is 23.9 Å². The molecule has 0 aliphatic carbocycles. The second kappa shape index (κ2) is 9.83. The van der Waals surface area contributed by atoms with Crippen molar-refractivity contribution in [3.05, 3.63) is 46.8 Å². The van der Waals surface area contributed by atoms with Crippen LogP contribution in [0.2, 0.25) is 0 Å². The number of nitrogens with zero attached hydrogens (tertiary/aromatic N) is 3. The number of nitrogens with one attached hydrogen (secondary N) is 1. The first-order valence-electron chi connectivity index (χ1n) is 9.10. The van der Waals surface area contributed by atoms with Crippen molar-refractivity contribution >= 4 is 23.5 Å². The fraction of sp³-hybridized carbons (Fsp3) is 0.400. The lowest BCUT2D eigenvalue weighted by molar-refractivity contribution is -0.117. The third-order valence-electron chi connectivity index (χ3n) is 4.42. The van der Waals surface area contributed by atoms with Crippen molar-refractivity contribution in [3.63, 3.8) is 0 Å². The molecule has 0 spiro atoms. The standard InChI is InChI=1S/C20H26N4O5/c1-6-24-13(2)16(10-21-24)11-23(3)12-18(25)22-17-8-14(19(26)28-4)7-15(9-17)20(27)29-5/h7-10H,6,11-12H2,1-5H3,(H,22,25). The van der Waals surface area contributed by atoms with Gasteiger partial charge in [-0.3, -0.25) is 14.4 Å². The van der Waals surface area contributed by atoms with Crippen LogP contribution in [0.4, 0.5) is 5.69 Å². The number of hydrogen-bond acceptors (Lipinski definition) is 7. The number of methoxy groups -OCH3 is 2. The first-order chi connectivity index (χ1) is 13.8. The summed E-state index contributed by atoms with van der Waals surface area (Å²) in [5.41, 5.74) is 2.70. The van der Waals surface area contributed by atoms with Gasteiger partial charge in [-0.05, 0) is 39.1 Å². The van der Waals surface area contributed by atoms with Crippen LogP contribution in [0.1, 0.15) is 38.9 Å². The molecule has 2 aromatic rings. The second-order valence-electron chi connectivity index (χ2n) is 6.57. The summed E-state index contributed by atoms with van der Waals surface area (Å²) >= 11 is 0. The van der Waals surface area contributed by atoms with Crippen LogP contribution in [-0.4, -0.2) is 60.3 Å². The number of carbonyl (C=O) groups excluding carboxylic acids is 3. The van der Waals surface area contributed by atoms with Crippen LogP contribution in [-0.2, 0) is 27.4 Å². The van der Waals surface area contributed by atoms with Gasteiger partial charge in [-0.1, -0.05) is 0 Å². The molecule has 2 rings (SSSR count). The number of carbonyl (C=O) groups is 3. The quantitative estimate of drug-likeness (QED) is 0.672. The maximum absolute atomic E-state index is 12.5. The molecule has 0 aliphatic rings. The Bertz CT molecular complexity index is 872. The first-order valence-corrected chi connectivity index (χ1v) is 9.10. The van der Waals surface area contributed by atoms with Gasteiger partial charge >= 0.3 is 11.9 Å². The van der Waals surface area contributed by atoms with Crippen molar-refractivity contribution in [2.24, 2.45) is 0 Å². The molecule has 1 N–H and O–H groups in total. The number of esters is 2. The molecule has 9 nitrogen and oxygen atoms in total. The van der Waals surface area contributed by atoms with Crippen LogP contribution in [0.5, 0.6) is 0 Å². The minimum absolute atomic E-state index is 0.118. The molecule has 1 amide bonds. The molecule has 1 aromatic heterocycles. The van der Waals surface area contributed by atoms with Crippen LogP contribution < -0.4 is 5.32 Å². The van der Waals surface area contributed by atoms with Crippen LogP contribution in [0, 0.1) is 6.92 Å². The molecule has 0 radical (unpaired) electrons. The molecule has 0 saturated carbocycles. The summed E-state index contributed by atoms with van der Waals surface area (Å²) in [4.78, 5) is 38.0. The fourth-order valence-corrected chi connectivity index (χ4v) is 2.92. The van der Waals surface area contributed by atoms with E-state index in [2.05, 4.69) is 10.4 Å². The highest BCUT2D eigenvalue weighted by molar-refractivity contribution is 5.99. The number of aryl methyl sites for hydroxylation is 1. The van der Waals surface area contributed by atoms with E-state index >= 15 is 0 Å². The van der Waals surface area contributed by atoms with E-state index in [9.17, 15) is 14.4 Å². The molecular weight excluding hydrogens is 376 g/mol. The summed E-state index contributed by atoms with van der Waals surface area (Å²) in [6.07, 6.45) is 1.80. The first kappa shape index (κ1) is 22.1.